The van der Waals surface area contributed by atoms with Gasteiger partial charge < -0.3 is 9.51 Å². The third kappa shape index (κ3) is 1.83. The summed E-state index contributed by atoms with van der Waals surface area (Å²) in [6.07, 6.45) is -3.63. The van der Waals surface area contributed by atoms with E-state index in [-0.39, 0.29) is 17.0 Å². The lowest BCUT2D eigenvalue weighted by Crippen LogP contribution is -2.06. The van der Waals surface area contributed by atoms with Crippen LogP contribution in [0.2, 0.25) is 0 Å². The van der Waals surface area contributed by atoms with E-state index in [0.29, 0.717) is 0 Å². The molecule has 2 rings (SSSR count). The Morgan fingerprint density at radius 2 is 2.06 bits per heavy atom. The van der Waals surface area contributed by atoms with Crippen molar-refractivity contribution in [3.05, 3.63) is 35.4 Å². The molecule has 0 amide bonds. The van der Waals surface area contributed by atoms with Crippen LogP contribution in [0.4, 0.5) is 13.2 Å². The van der Waals surface area contributed by atoms with Gasteiger partial charge in [0, 0.05) is 6.20 Å². The molecule has 7 heteroatoms. The molecule has 2 aromatic heterocycles. The third-order valence-corrected chi connectivity index (χ3v) is 2.34. The van der Waals surface area contributed by atoms with E-state index >= 15 is 0 Å². The molecule has 0 aliphatic rings. The van der Waals surface area contributed by atoms with Crippen molar-refractivity contribution in [3.8, 4) is 0 Å². The molecule has 0 saturated heterocycles. The van der Waals surface area contributed by atoms with Gasteiger partial charge in [-0.05, 0) is 19.1 Å². The summed E-state index contributed by atoms with van der Waals surface area (Å²) in [5.74, 6) is -1.07. The van der Waals surface area contributed by atoms with Crippen LogP contribution in [-0.2, 0) is 6.18 Å². The summed E-state index contributed by atoms with van der Waals surface area (Å²) in [4.78, 5) is 14.5. The van der Waals surface area contributed by atoms with Crippen molar-refractivity contribution in [2.24, 2.45) is 0 Å². The SMILES string of the molecule is Cc1nc(C(=O)O)c2ccc(C(F)(F)F)cn12. The maximum Gasteiger partial charge on any atom is 0.417 e. The van der Waals surface area contributed by atoms with Crippen LogP contribution in [0.25, 0.3) is 5.52 Å². The molecule has 0 saturated carbocycles. The van der Waals surface area contributed by atoms with Crippen LogP contribution in [0.3, 0.4) is 0 Å². The Kier molecular flexibility index (Phi) is 2.34. The van der Waals surface area contributed by atoms with Gasteiger partial charge in [0.05, 0.1) is 11.1 Å². The lowest BCUT2D eigenvalue weighted by atomic mass is 10.2. The van der Waals surface area contributed by atoms with Crippen molar-refractivity contribution in [2.75, 3.05) is 0 Å². The minimum absolute atomic E-state index is 0.142. The molecule has 0 spiro atoms. The van der Waals surface area contributed by atoms with Crippen LogP contribution in [0.1, 0.15) is 21.9 Å². The molecule has 2 aromatic rings. The molecule has 0 atom stereocenters. The predicted octanol–water partition coefficient (Wildman–Crippen LogP) is 2.36. The van der Waals surface area contributed by atoms with Gasteiger partial charge in [-0.3, -0.25) is 0 Å². The minimum Gasteiger partial charge on any atom is -0.476 e. The monoisotopic (exact) mass is 244 g/mol. The molecule has 0 radical (unpaired) electrons. The summed E-state index contributed by atoms with van der Waals surface area (Å²) < 4.78 is 38.5. The summed E-state index contributed by atoms with van der Waals surface area (Å²) in [5, 5.41) is 8.83. The van der Waals surface area contributed by atoms with Crippen LogP contribution in [0, 0.1) is 6.92 Å². The number of nitrogens with zero attached hydrogens (tertiary/aromatic N) is 2. The Hall–Kier alpha value is -2.05. The number of rotatable bonds is 1. The highest BCUT2D eigenvalue weighted by molar-refractivity contribution is 5.93. The standard InChI is InChI=1S/C10H7F3N2O2/c1-5-14-8(9(16)17)7-3-2-6(4-15(5)7)10(11,12)13/h2-4H,1H3,(H,16,17). The van der Waals surface area contributed by atoms with Crippen LogP contribution in [0.5, 0.6) is 0 Å². The molecule has 17 heavy (non-hydrogen) atoms. The molecule has 0 fully saturated rings. The molecule has 4 nitrogen and oxygen atoms in total. The first-order chi connectivity index (χ1) is 7.80. The molecule has 0 bridgehead atoms. The Morgan fingerprint density at radius 3 is 2.59 bits per heavy atom. The topological polar surface area (TPSA) is 54.6 Å². The van der Waals surface area contributed by atoms with Crippen molar-refractivity contribution in [1.29, 1.82) is 0 Å². The van der Waals surface area contributed by atoms with E-state index in [9.17, 15) is 18.0 Å². The number of pyridine rings is 1. The van der Waals surface area contributed by atoms with E-state index in [1.165, 1.54) is 6.92 Å². The number of hydrogen-bond acceptors (Lipinski definition) is 2. The van der Waals surface area contributed by atoms with E-state index in [0.717, 1.165) is 22.7 Å². The molecule has 2 heterocycles. The van der Waals surface area contributed by atoms with Gasteiger partial charge in [-0.15, -0.1) is 0 Å². The van der Waals surface area contributed by atoms with Crippen molar-refractivity contribution in [3.63, 3.8) is 0 Å². The molecular weight excluding hydrogens is 237 g/mol. The molecule has 0 aromatic carbocycles. The molecule has 0 aliphatic carbocycles. The maximum atomic E-state index is 12.5. The summed E-state index contributed by atoms with van der Waals surface area (Å²) in [5.41, 5.74) is -0.957. The van der Waals surface area contributed by atoms with Gasteiger partial charge in [0.1, 0.15) is 5.82 Å². The first-order valence-electron chi connectivity index (χ1n) is 4.60. The highest BCUT2D eigenvalue weighted by Crippen LogP contribution is 2.30. The number of fused-ring (bicyclic) bond motifs is 1. The normalized spacial score (nSPS) is 12.0. The van der Waals surface area contributed by atoms with Gasteiger partial charge in [0.2, 0.25) is 0 Å². The summed E-state index contributed by atoms with van der Waals surface area (Å²) >= 11 is 0. The minimum atomic E-state index is -4.46. The number of carbonyl (C=O) groups is 1. The van der Waals surface area contributed by atoms with Crippen LogP contribution in [-0.4, -0.2) is 20.5 Å². The van der Waals surface area contributed by atoms with Gasteiger partial charge in [0.15, 0.2) is 5.69 Å². The lowest BCUT2D eigenvalue weighted by Gasteiger charge is -2.07. The number of alkyl halides is 3. The molecule has 0 aliphatic heterocycles. The molecule has 90 valence electrons. The van der Waals surface area contributed by atoms with Crippen LogP contribution in [0.15, 0.2) is 18.3 Å². The zero-order valence-corrected chi connectivity index (χ0v) is 8.62. The Bertz CT molecular complexity index is 601. The number of imidazole rings is 1. The van der Waals surface area contributed by atoms with E-state index in [1.54, 1.807) is 0 Å². The lowest BCUT2D eigenvalue weighted by molar-refractivity contribution is -0.137. The number of halogens is 3. The van der Waals surface area contributed by atoms with Gasteiger partial charge >= 0.3 is 12.1 Å². The third-order valence-electron chi connectivity index (χ3n) is 2.34. The number of carboxylic acid groups (broad SMARTS) is 1. The fourth-order valence-electron chi connectivity index (χ4n) is 1.56. The highest BCUT2D eigenvalue weighted by atomic mass is 19.4. The summed E-state index contributed by atoms with van der Waals surface area (Å²) in [6, 6.07) is 1.94. The fraction of sp³-hybridized carbons (Fsp3) is 0.200. The van der Waals surface area contributed by atoms with Crippen LogP contribution < -0.4 is 0 Å². The predicted molar refractivity (Wildman–Crippen MR) is 51.9 cm³/mol. The highest BCUT2D eigenvalue weighted by Gasteiger charge is 2.31. The number of aromatic carboxylic acids is 1. The molecule has 1 N–H and O–H groups in total. The van der Waals surface area contributed by atoms with Gasteiger partial charge in [-0.25, -0.2) is 9.78 Å². The van der Waals surface area contributed by atoms with Crippen molar-refractivity contribution in [2.45, 2.75) is 13.1 Å². The number of hydrogen-bond donors (Lipinski definition) is 1. The van der Waals surface area contributed by atoms with Crippen molar-refractivity contribution >= 4 is 11.5 Å². The number of aryl methyl sites for hydroxylation is 1. The number of aromatic nitrogens is 2. The maximum absolute atomic E-state index is 12.5. The van der Waals surface area contributed by atoms with E-state index in [4.69, 9.17) is 5.11 Å². The first kappa shape index (κ1) is 11.4. The van der Waals surface area contributed by atoms with Crippen molar-refractivity contribution < 1.29 is 23.1 Å². The fourth-order valence-corrected chi connectivity index (χ4v) is 1.56. The Morgan fingerprint density at radius 1 is 1.41 bits per heavy atom. The second-order valence-electron chi connectivity index (χ2n) is 3.48. The zero-order valence-electron chi connectivity index (χ0n) is 8.62. The van der Waals surface area contributed by atoms with Gasteiger partial charge in [-0.2, -0.15) is 13.2 Å². The number of carboxylic acids is 1. The Balaban J connectivity index is 2.72. The van der Waals surface area contributed by atoms with Crippen molar-refractivity contribution in [1.82, 2.24) is 9.38 Å². The smallest absolute Gasteiger partial charge is 0.417 e. The van der Waals surface area contributed by atoms with Gasteiger partial charge in [0.25, 0.3) is 0 Å². The average Bonchev–Trinajstić information content (AvgIpc) is 2.55. The second-order valence-corrected chi connectivity index (χ2v) is 3.48. The van der Waals surface area contributed by atoms with E-state index in [1.807, 2.05) is 0 Å². The Labute approximate surface area is 93.3 Å². The summed E-state index contributed by atoms with van der Waals surface area (Å²) in [7, 11) is 0. The quantitative estimate of drug-likeness (QED) is 0.837. The molecular formula is C10H7F3N2O2. The second kappa shape index (κ2) is 3.47. The van der Waals surface area contributed by atoms with Crippen LogP contribution >= 0.6 is 0 Å². The summed E-state index contributed by atoms with van der Waals surface area (Å²) in [6.45, 7) is 1.44. The zero-order chi connectivity index (χ0) is 12.8. The van der Waals surface area contributed by atoms with Gasteiger partial charge in [-0.1, -0.05) is 0 Å². The average molecular weight is 244 g/mol. The van der Waals surface area contributed by atoms with E-state index < -0.39 is 17.7 Å². The van der Waals surface area contributed by atoms with E-state index in [2.05, 4.69) is 4.98 Å². The largest absolute Gasteiger partial charge is 0.476 e. The molecule has 0 unspecified atom stereocenters. The first-order valence-corrected chi connectivity index (χ1v) is 4.60.